The number of aromatic nitrogens is 3. The molecule has 9 nitrogen and oxygen atoms in total. The van der Waals surface area contributed by atoms with Gasteiger partial charge in [0, 0.05) is 6.20 Å². The second kappa shape index (κ2) is 5.01. The Bertz CT molecular complexity index is 561. The molecular formula is C9H8N6O3. The number of ether oxygens (including phenoxy) is 1. The standard InChI is InChI=1S/C9H8N6O3/c10-14-9-12-5-7(15(16)17)8(13-9)18-6-2-1-3-11-4-6/h1-5H,10H2,(H,12,13,14). The number of nitro groups is 1. The van der Waals surface area contributed by atoms with E-state index < -0.39 is 4.92 Å². The number of hydrogen-bond acceptors (Lipinski definition) is 8. The van der Waals surface area contributed by atoms with Crippen LogP contribution in [0, 0.1) is 10.1 Å². The van der Waals surface area contributed by atoms with Crippen LogP contribution in [0.4, 0.5) is 11.6 Å². The van der Waals surface area contributed by atoms with Crippen LogP contribution in [0.2, 0.25) is 0 Å². The quantitative estimate of drug-likeness (QED) is 0.463. The van der Waals surface area contributed by atoms with Gasteiger partial charge in [-0.05, 0) is 12.1 Å². The van der Waals surface area contributed by atoms with Gasteiger partial charge >= 0.3 is 11.6 Å². The molecule has 0 amide bonds. The first-order valence-electron chi connectivity index (χ1n) is 4.76. The maximum absolute atomic E-state index is 10.8. The molecule has 0 saturated carbocycles. The summed E-state index contributed by atoms with van der Waals surface area (Å²) in [6.07, 6.45) is 3.96. The summed E-state index contributed by atoms with van der Waals surface area (Å²) in [4.78, 5) is 21.4. The van der Waals surface area contributed by atoms with Gasteiger partial charge in [-0.2, -0.15) is 4.98 Å². The summed E-state index contributed by atoms with van der Waals surface area (Å²) in [5.74, 6) is 5.25. The summed E-state index contributed by atoms with van der Waals surface area (Å²) in [7, 11) is 0. The van der Waals surface area contributed by atoms with Crippen LogP contribution in [0.1, 0.15) is 0 Å². The molecular weight excluding hydrogens is 240 g/mol. The summed E-state index contributed by atoms with van der Waals surface area (Å²) < 4.78 is 5.26. The van der Waals surface area contributed by atoms with Crippen LogP contribution in [-0.4, -0.2) is 19.9 Å². The maximum atomic E-state index is 10.8. The highest BCUT2D eigenvalue weighted by Crippen LogP contribution is 2.28. The highest BCUT2D eigenvalue weighted by molar-refractivity contribution is 5.44. The number of rotatable bonds is 4. The normalized spacial score (nSPS) is 9.83. The van der Waals surface area contributed by atoms with Crippen molar-refractivity contribution in [3.8, 4) is 11.6 Å². The first kappa shape index (κ1) is 11.7. The van der Waals surface area contributed by atoms with Crippen molar-refractivity contribution in [3.05, 3.63) is 40.8 Å². The Hall–Kier alpha value is -2.81. The van der Waals surface area contributed by atoms with Crippen LogP contribution in [0.3, 0.4) is 0 Å². The SMILES string of the molecule is NNc1ncc([N+](=O)[O-])c(Oc2cccnc2)n1. The number of nitrogens with one attached hydrogen (secondary N) is 1. The highest BCUT2D eigenvalue weighted by atomic mass is 16.6. The van der Waals surface area contributed by atoms with Crippen molar-refractivity contribution < 1.29 is 9.66 Å². The van der Waals surface area contributed by atoms with Gasteiger partial charge in [0.2, 0.25) is 5.95 Å². The zero-order valence-corrected chi connectivity index (χ0v) is 8.98. The molecule has 92 valence electrons. The molecule has 2 rings (SSSR count). The fourth-order valence-corrected chi connectivity index (χ4v) is 1.15. The smallest absolute Gasteiger partial charge is 0.349 e. The van der Waals surface area contributed by atoms with Crippen LogP contribution in [0.15, 0.2) is 30.7 Å². The minimum Gasteiger partial charge on any atom is -0.432 e. The van der Waals surface area contributed by atoms with Gasteiger partial charge < -0.3 is 4.74 Å². The first-order valence-corrected chi connectivity index (χ1v) is 4.76. The van der Waals surface area contributed by atoms with E-state index in [1.54, 1.807) is 18.3 Å². The van der Waals surface area contributed by atoms with Crippen molar-refractivity contribution in [1.82, 2.24) is 15.0 Å². The Morgan fingerprint density at radius 1 is 1.44 bits per heavy atom. The molecule has 18 heavy (non-hydrogen) atoms. The average molecular weight is 248 g/mol. The van der Waals surface area contributed by atoms with Crippen LogP contribution in [0.25, 0.3) is 0 Å². The molecule has 0 unspecified atom stereocenters. The predicted octanol–water partition coefficient (Wildman–Crippen LogP) is 0.858. The minimum absolute atomic E-state index is 0.0134. The molecule has 0 atom stereocenters. The van der Waals surface area contributed by atoms with Gasteiger partial charge in [-0.3, -0.25) is 20.5 Å². The predicted molar refractivity (Wildman–Crippen MR) is 60.8 cm³/mol. The van der Waals surface area contributed by atoms with E-state index in [1.165, 1.54) is 6.20 Å². The molecule has 0 fully saturated rings. The third kappa shape index (κ3) is 2.47. The lowest BCUT2D eigenvalue weighted by Gasteiger charge is -2.05. The number of anilines is 1. The second-order valence-electron chi connectivity index (χ2n) is 3.08. The van der Waals surface area contributed by atoms with Crippen molar-refractivity contribution in [3.63, 3.8) is 0 Å². The zero-order valence-electron chi connectivity index (χ0n) is 8.98. The molecule has 0 aliphatic heterocycles. The van der Waals surface area contributed by atoms with Crippen molar-refractivity contribution >= 4 is 11.6 Å². The van der Waals surface area contributed by atoms with E-state index in [0.29, 0.717) is 5.75 Å². The third-order valence-corrected chi connectivity index (χ3v) is 1.91. The summed E-state index contributed by atoms with van der Waals surface area (Å²) in [6, 6.07) is 3.22. The molecule has 2 aromatic rings. The Kier molecular flexibility index (Phi) is 3.25. The number of pyridine rings is 1. The molecule has 0 spiro atoms. The third-order valence-electron chi connectivity index (χ3n) is 1.91. The van der Waals surface area contributed by atoms with E-state index >= 15 is 0 Å². The Labute approximate surface area is 101 Å². The van der Waals surface area contributed by atoms with Crippen molar-refractivity contribution in [2.75, 3.05) is 5.43 Å². The Balaban J connectivity index is 2.38. The number of hydrazine groups is 1. The van der Waals surface area contributed by atoms with E-state index in [9.17, 15) is 10.1 Å². The van der Waals surface area contributed by atoms with Crippen LogP contribution >= 0.6 is 0 Å². The van der Waals surface area contributed by atoms with E-state index in [2.05, 4.69) is 20.4 Å². The molecule has 0 aromatic carbocycles. The zero-order chi connectivity index (χ0) is 13.0. The summed E-state index contributed by atoms with van der Waals surface area (Å²) in [6.45, 7) is 0. The van der Waals surface area contributed by atoms with E-state index in [0.717, 1.165) is 6.20 Å². The van der Waals surface area contributed by atoms with Gasteiger partial charge in [-0.25, -0.2) is 10.8 Å². The molecule has 2 heterocycles. The Morgan fingerprint density at radius 2 is 2.28 bits per heavy atom. The molecule has 0 saturated heterocycles. The topological polar surface area (TPSA) is 129 Å². The van der Waals surface area contributed by atoms with Crippen molar-refractivity contribution in [2.45, 2.75) is 0 Å². The number of nitrogens with two attached hydrogens (primary N) is 1. The monoisotopic (exact) mass is 248 g/mol. The van der Waals surface area contributed by atoms with E-state index in [4.69, 9.17) is 10.6 Å². The van der Waals surface area contributed by atoms with Crippen LogP contribution < -0.4 is 16.0 Å². The summed E-state index contributed by atoms with van der Waals surface area (Å²) >= 11 is 0. The molecule has 0 bridgehead atoms. The number of nitrogens with zero attached hydrogens (tertiary/aromatic N) is 4. The molecule has 3 N–H and O–H groups in total. The fraction of sp³-hybridized carbons (Fsp3) is 0. The summed E-state index contributed by atoms with van der Waals surface area (Å²) in [5.41, 5.74) is 1.82. The number of hydrogen-bond donors (Lipinski definition) is 2. The molecule has 0 aliphatic carbocycles. The van der Waals surface area contributed by atoms with E-state index in [1.807, 2.05) is 0 Å². The van der Waals surface area contributed by atoms with Crippen LogP contribution in [0.5, 0.6) is 11.6 Å². The lowest BCUT2D eigenvalue weighted by molar-refractivity contribution is -0.386. The Morgan fingerprint density at radius 3 is 2.89 bits per heavy atom. The molecule has 0 radical (unpaired) electrons. The van der Waals surface area contributed by atoms with Gasteiger partial charge in [-0.15, -0.1) is 0 Å². The van der Waals surface area contributed by atoms with Gasteiger partial charge in [0.15, 0.2) is 0 Å². The maximum Gasteiger partial charge on any atom is 0.349 e. The average Bonchev–Trinajstić information content (AvgIpc) is 2.39. The first-order chi connectivity index (χ1) is 8.70. The molecule has 9 heteroatoms. The van der Waals surface area contributed by atoms with Crippen molar-refractivity contribution in [2.24, 2.45) is 5.84 Å². The fourth-order valence-electron chi connectivity index (χ4n) is 1.15. The largest absolute Gasteiger partial charge is 0.432 e. The van der Waals surface area contributed by atoms with Crippen molar-refractivity contribution in [1.29, 1.82) is 0 Å². The lowest BCUT2D eigenvalue weighted by Crippen LogP contribution is -2.11. The minimum atomic E-state index is -0.647. The second-order valence-corrected chi connectivity index (χ2v) is 3.08. The van der Waals surface area contributed by atoms with Gasteiger partial charge in [0.1, 0.15) is 11.9 Å². The highest BCUT2D eigenvalue weighted by Gasteiger charge is 2.19. The van der Waals surface area contributed by atoms with Crippen LogP contribution in [-0.2, 0) is 0 Å². The number of nitrogen functional groups attached to an aromatic ring is 1. The van der Waals surface area contributed by atoms with E-state index in [-0.39, 0.29) is 17.5 Å². The summed E-state index contributed by atoms with van der Waals surface area (Å²) in [5, 5.41) is 10.8. The van der Waals surface area contributed by atoms with Gasteiger partial charge in [-0.1, -0.05) is 0 Å². The molecule has 2 aromatic heterocycles. The van der Waals surface area contributed by atoms with Gasteiger partial charge in [0.25, 0.3) is 0 Å². The van der Waals surface area contributed by atoms with Gasteiger partial charge in [0.05, 0.1) is 11.1 Å². The lowest BCUT2D eigenvalue weighted by atomic mass is 10.4. The molecule has 0 aliphatic rings.